The Morgan fingerprint density at radius 2 is 1.78 bits per heavy atom. The van der Waals surface area contributed by atoms with Crippen LogP contribution in [0.25, 0.3) is 0 Å². The summed E-state index contributed by atoms with van der Waals surface area (Å²) in [5, 5.41) is 21.6. The first-order valence-electron chi connectivity index (χ1n) is 5.70. The number of carbonyl (C=O) groups is 1. The van der Waals surface area contributed by atoms with Crippen molar-refractivity contribution in [2.24, 2.45) is 0 Å². The van der Waals surface area contributed by atoms with Gasteiger partial charge in [-0.15, -0.1) is 11.3 Å². The van der Waals surface area contributed by atoms with E-state index in [-0.39, 0.29) is 5.56 Å². The maximum atomic E-state index is 11.2. The number of fused-ring (bicyclic) bond motifs is 1. The summed E-state index contributed by atoms with van der Waals surface area (Å²) < 4.78 is 0. The second kappa shape index (κ2) is 3.93. The van der Waals surface area contributed by atoms with Gasteiger partial charge in [-0.25, -0.2) is 4.79 Å². The minimum Gasteiger partial charge on any atom is -0.478 e. The van der Waals surface area contributed by atoms with Gasteiger partial charge < -0.3 is 10.2 Å². The van der Waals surface area contributed by atoms with Crippen molar-refractivity contribution in [2.75, 3.05) is 0 Å². The lowest BCUT2D eigenvalue weighted by atomic mass is 9.95. The van der Waals surface area contributed by atoms with E-state index in [1.165, 1.54) is 11.3 Å². The van der Waals surface area contributed by atoms with Gasteiger partial charge in [0.2, 0.25) is 0 Å². The molecule has 1 aromatic carbocycles. The van der Waals surface area contributed by atoms with Gasteiger partial charge in [0.25, 0.3) is 0 Å². The van der Waals surface area contributed by atoms with Crippen molar-refractivity contribution in [3.05, 3.63) is 57.3 Å². The van der Waals surface area contributed by atoms with Gasteiger partial charge >= 0.3 is 5.97 Å². The molecular formula is C14H12O3S. The Bertz CT molecular complexity index is 590. The maximum absolute atomic E-state index is 11.2. The first-order valence-corrected chi connectivity index (χ1v) is 6.58. The number of aromatic carboxylic acids is 1. The number of rotatable bonds is 2. The highest BCUT2D eigenvalue weighted by atomic mass is 32.1. The highest BCUT2D eigenvalue weighted by Crippen LogP contribution is 2.41. The van der Waals surface area contributed by atoms with Gasteiger partial charge in [0.05, 0.1) is 10.4 Å². The first-order chi connectivity index (χ1) is 8.60. The summed E-state index contributed by atoms with van der Waals surface area (Å²) in [5.41, 5.74) is 1.36. The third-order valence-corrected chi connectivity index (χ3v) is 4.51. The third-order valence-electron chi connectivity index (χ3n) is 3.40. The zero-order valence-electron chi connectivity index (χ0n) is 9.59. The quantitative estimate of drug-likeness (QED) is 0.872. The molecule has 3 nitrogen and oxygen atoms in total. The van der Waals surface area contributed by atoms with Crippen LogP contribution in [0.2, 0.25) is 0 Å². The second-order valence-corrected chi connectivity index (χ2v) is 5.54. The topological polar surface area (TPSA) is 57.5 Å². The number of carboxylic acids is 1. The number of aliphatic hydroxyl groups is 1. The molecule has 1 aliphatic rings. The highest BCUT2D eigenvalue weighted by Gasteiger charge is 2.40. The number of thiophene rings is 1. The summed E-state index contributed by atoms with van der Waals surface area (Å²) in [6.07, 6.45) is 0.980. The van der Waals surface area contributed by atoms with E-state index in [0.717, 1.165) is 11.1 Å². The van der Waals surface area contributed by atoms with Gasteiger partial charge in [0, 0.05) is 12.8 Å². The molecule has 0 atom stereocenters. The Hall–Kier alpha value is -1.65. The van der Waals surface area contributed by atoms with Gasteiger partial charge in [-0.1, -0.05) is 24.3 Å². The number of hydrogen-bond donors (Lipinski definition) is 2. The lowest BCUT2D eigenvalue weighted by Gasteiger charge is -2.21. The fourth-order valence-corrected chi connectivity index (χ4v) is 3.58. The van der Waals surface area contributed by atoms with Crippen molar-refractivity contribution in [2.45, 2.75) is 18.4 Å². The molecule has 92 valence electrons. The smallest absolute Gasteiger partial charge is 0.336 e. The van der Waals surface area contributed by atoms with E-state index in [1.807, 2.05) is 24.3 Å². The molecule has 2 aromatic rings. The molecule has 2 N–H and O–H groups in total. The molecule has 1 heterocycles. The Morgan fingerprint density at radius 1 is 1.17 bits per heavy atom. The minimum absolute atomic E-state index is 0.218. The van der Waals surface area contributed by atoms with Crippen molar-refractivity contribution in [3.63, 3.8) is 0 Å². The van der Waals surface area contributed by atoms with Crippen LogP contribution in [0.3, 0.4) is 0 Å². The SMILES string of the molecule is O=C(O)c1ccsc1C1(O)Cc2ccccc2C1. The van der Waals surface area contributed by atoms with Gasteiger partial charge in [0.15, 0.2) is 0 Å². The van der Waals surface area contributed by atoms with Crippen LogP contribution in [0.15, 0.2) is 35.7 Å². The standard InChI is InChI=1S/C14H12O3S/c15-13(16)11-5-6-18-12(11)14(17)7-9-3-1-2-4-10(9)8-14/h1-6,17H,7-8H2,(H,15,16). The van der Waals surface area contributed by atoms with E-state index in [1.54, 1.807) is 11.4 Å². The van der Waals surface area contributed by atoms with Crippen LogP contribution in [0.1, 0.15) is 26.4 Å². The summed E-state index contributed by atoms with van der Waals surface area (Å²) in [6, 6.07) is 9.42. The van der Waals surface area contributed by atoms with Crippen molar-refractivity contribution >= 4 is 17.3 Å². The van der Waals surface area contributed by atoms with Crippen LogP contribution in [0, 0.1) is 0 Å². The molecular weight excluding hydrogens is 248 g/mol. The van der Waals surface area contributed by atoms with E-state index < -0.39 is 11.6 Å². The van der Waals surface area contributed by atoms with E-state index in [2.05, 4.69) is 0 Å². The molecule has 0 saturated heterocycles. The van der Waals surface area contributed by atoms with Crippen molar-refractivity contribution in [3.8, 4) is 0 Å². The van der Waals surface area contributed by atoms with Crippen molar-refractivity contribution < 1.29 is 15.0 Å². The third kappa shape index (κ3) is 1.65. The van der Waals surface area contributed by atoms with Gasteiger partial charge in [0.1, 0.15) is 5.60 Å². The van der Waals surface area contributed by atoms with Crippen LogP contribution < -0.4 is 0 Å². The molecule has 4 heteroatoms. The number of hydrogen-bond acceptors (Lipinski definition) is 3. The summed E-state index contributed by atoms with van der Waals surface area (Å²) >= 11 is 1.31. The molecule has 0 unspecified atom stereocenters. The van der Waals surface area contributed by atoms with E-state index in [9.17, 15) is 9.90 Å². The van der Waals surface area contributed by atoms with Gasteiger partial charge in [-0.05, 0) is 22.6 Å². The molecule has 0 amide bonds. The summed E-state index contributed by atoms with van der Waals surface area (Å²) in [5.74, 6) is -0.976. The van der Waals surface area contributed by atoms with Crippen molar-refractivity contribution in [1.29, 1.82) is 0 Å². The lowest BCUT2D eigenvalue weighted by Crippen LogP contribution is -2.27. The Kier molecular flexibility index (Phi) is 2.50. The number of benzene rings is 1. The molecule has 0 aliphatic heterocycles. The van der Waals surface area contributed by atoms with Gasteiger partial charge in [-0.3, -0.25) is 0 Å². The summed E-state index contributed by atoms with van der Waals surface area (Å²) in [6.45, 7) is 0. The van der Waals surface area contributed by atoms with Crippen LogP contribution in [0.4, 0.5) is 0 Å². The van der Waals surface area contributed by atoms with Crippen LogP contribution >= 0.6 is 11.3 Å². The lowest BCUT2D eigenvalue weighted by molar-refractivity contribution is 0.0478. The normalized spacial score (nSPS) is 16.5. The zero-order valence-corrected chi connectivity index (χ0v) is 10.4. The Morgan fingerprint density at radius 3 is 2.33 bits per heavy atom. The van der Waals surface area contributed by atoms with Crippen LogP contribution in [0.5, 0.6) is 0 Å². The predicted octanol–water partition coefficient (Wildman–Crippen LogP) is 2.43. The summed E-state index contributed by atoms with van der Waals surface area (Å²) in [7, 11) is 0. The minimum atomic E-state index is -1.06. The molecule has 1 aliphatic carbocycles. The van der Waals surface area contributed by atoms with Crippen molar-refractivity contribution in [1.82, 2.24) is 0 Å². The first kappa shape index (κ1) is 11.4. The molecule has 18 heavy (non-hydrogen) atoms. The predicted molar refractivity (Wildman–Crippen MR) is 69.0 cm³/mol. The molecule has 0 fully saturated rings. The van der Waals surface area contributed by atoms with E-state index >= 15 is 0 Å². The highest BCUT2D eigenvalue weighted by molar-refractivity contribution is 7.10. The molecule has 0 spiro atoms. The van der Waals surface area contributed by atoms with Crippen LogP contribution in [-0.4, -0.2) is 16.2 Å². The fraction of sp³-hybridized carbons (Fsp3) is 0.214. The molecule has 0 radical (unpaired) electrons. The zero-order chi connectivity index (χ0) is 12.8. The average molecular weight is 260 g/mol. The van der Waals surface area contributed by atoms with E-state index in [0.29, 0.717) is 17.7 Å². The summed E-state index contributed by atoms with van der Waals surface area (Å²) in [4.78, 5) is 11.7. The fourth-order valence-electron chi connectivity index (χ4n) is 2.59. The van der Waals surface area contributed by atoms with E-state index in [4.69, 9.17) is 5.11 Å². The number of carboxylic acid groups (broad SMARTS) is 1. The monoisotopic (exact) mass is 260 g/mol. The maximum Gasteiger partial charge on any atom is 0.336 e. The van der Waals surface area contributed by atoms with Gasteiger partial charge in [-0.2, -0.15) is 0 Å². The Balaban J connectivity index is 2.04. The largest absolute Gasteiger partial charge is 0.478 e. The molecule has 0 bridgehead atoms. The molecule has 0 saturated carbocycles. The molecule has 3 rings (SSSR count). The van der Waals surface area contributed by atoms with Crippen LogP contribution in [-0.2, 0) is 18.4 Å². The Labute approximate surface area is 108 Å². The average Bonchev–Trinajstić information content (AvgIpc) is 2.91. The second-order valence-electron chi connectivity index (χ2n) is 4.62. The molecule has 1 aromatic heterocycles.